The van der Waals surface area contributed by atoms with Crippen LogP contribution in [0.15, 0.2) is 30.6 Å². The first-order valence-corrected chi connectivity index (χ1v) is 6.12. The molecule has 3 heteroatoms. The van der Waals surface area contributed by atoms with Crippen molar-refractivity contribution in [3.05, 3.63) is 30.6 Å². The molecule has 0 fully saturated rings. The van der Waals surface area contributed by atoms with Gasteiger partial charge in [-0.15, -0.1) is 0 Å². The fraction of sp³-hybridized carbons (Fsp3) is 0.429. The molecular formula is C14H18N2O. The van der Waals surface area contributed by atoms with Gasteiger partial charge in [-0.2, -0.15) is 0 Å². The molecule has 0 bridgehead atoms. The zero-order chi connectivity index (χ0) is 12.3. The standard InChI is InChI=1S/C14H18N2O/c1-3-11(2)8-12(17)9-16-10-15-13-6-4-5-7-14(13)16/h4-7,10-11H,3,8-9H2,1-2H3. The van der Waals surface area contributed by atoms with E-state index in [0.717, 1.165) is 17.5 Å². The van der Waals surface area contributed by atoms with Crippen LogP contribution in [-0.2, 0) is 11.3 Å². The van der Waals surface area contributed by atoms with Crippen molar-refractivity contribution in [3.8, 4) is 0 Å². The van der Waals surface area contributed by atoms with Gasteiger partial charge in [0, 0.05) is 6.42 Å². The molecule has 1 aromatic carbocycles. The van der Waals surface area contributed by atoms with Crippen molar-refractivity contribution < 1.29 is 4.79 Å². The van der Waals surface area contributed by atoms with Crippen LogP contribution in [-0.4, -0.2) is 15.3 Å². The number of rotatable bonds is 5. The molecule has 17 heavy (non-hydrogen) atoms. The fourth-order valence-corrected chi connectivity index (χ4v) is 1.92. The molecule has 1 aromatic heterocycles. The molecule has 0 saturated carbocycles. The van der Waals surface area contributed by atoms with Crippen molar-refractivity contribution in [1.82, 2.24) is 9.55 Å². The van der Waals surface area contributed by atoms with E-state index in [2.05, 4.69) is 18.8 Å². The maximum Gasteiger partial charge on any atom is 0.152 e. The van der Waals surface area contributed by atoms with Crippen molar-refractivity contribution in [2.75, 3.05) is 0 Å². The molecule has 2 aromatic rings. The fourth-order valence-electron chi connectivity index (χ4n) is 1.92. The number of Topliss-reactive ketones (excluding diaryl/α,β-unsaturated/α-hetero) is 1. The van der Waals surface area contributed by atoms with Crippen LogP contribution in [0.3, 0.4) is 0 Å². The highest BCUT2D eigenvalue weighted by Gasteiger charge is 2.10. The molecule has 3 nitrogen and oxygen atoms in total. The first-order valence-electron chi connectivity index (χ1n) is 6.12. The van der Waals surface area contributed by atoms with Gasteiger partial charge in [-0.3, -0.25) is 4.79 Å². The number of nitrogens with zero attached hydrogens (tertiary/aromatic N) is 2. The predicted molar refractivity (Wildman–Crippen MR) is 68.8 cm³/mol. The highest BCUT2D eigenvalue weighted by Crippen LogP contribution is 2.13. The zero-order valence-electron chi connectivity index (χ0n) is 10.4. The lowest BCUT2D eigenvalue weighted by Gasteiger charge is -2.08. The summed E-state index contributed by atoms with van der Waals surface area (Å²) in [7, 11) is 0. The zero-order valence-corrected chi connectivity index (χ0v) is 10.4. The Hall–Kier alpha value is -1.64. The number of ketones is 1. The quantitative estimate of drug-likeness (QED) is 0.791. The summed E-state index contributed by atoms with van der Waals surface area (Å²) in [6, 6.07) is 7.89. The molecule has 1 unspecified atom stereocenters. The summed E-state index contributed by atoms with van der Waals surface area (Å²) in [6.45, 7) is 4.67. The van der Waals surface area contributed by atoms with E-state index in [1.54, 1.807) is 6.33 Å². The normalized spacial score (nSPS) is 12.8. The Morgan fingerprint density at radius 3 is 2.94 bits per heavy atom. The maximum atomic E-state index is 11.9. The third-order valence-electron chi connectivity index (χ3n) is 3.15. The lowest BCUT2D eigenvalue weighted by Crippen LogP contribution is -2.12. The van der Waals surface area contributed by atoms with E-state index >= 15 is 0 Å². The molecule has 1 heterocycles. The van der Waals surface area contributed by atoms with Crippen LogP contribution >= 0.6 is 0 Å². The van der Waals surface area contributed by atoms with Gasteiger partial charge in [-0.1, -0.05) is 32.4 Å². The Morgan fingerprint density at radius 2 is 2.18 bits per heavy atom. The van der Waals surface area contributed by atoms with E-state index in [1.165, 1.54) is 0 Å². The van der Waals surface area contributed by atoms with Crippen LogP contribution < -0.4 is 0 Å². The minimum Gasteiger partial charge on any atom is -0.323 e. The van der Waals surface area contributed by atoms with Crippen molar-refractivity contribution in [1.29, 1.82) is 0 Å². The summed E-state index contributed by atoms with van der Waals surface area (Å²) < 4.78 is 1.93. The van der Waals surface area contributed by atoms with Gasteiger partial charge in [0.2, 0.25) is 0 Å². The Kier molecular flexibility index (Phi) is 3.57. The molecular weight excluding hydrogens is 212 g/mol. The first kappa shape index (κ1) is 11.8. The molecule has 0 N–H and O–H groups in total. The van der Waals surface area contributed by atoms with Gasteiger partial charge in [0.1, 0.15) is 0 Å². The van der Waals surface area contributed by atoms with Gasteiger partial charge in [-0.05, 0) is 18.1 Å². The second-order valence-corrected chi connectivity index (χ2v) is 4.62. The van der Waals surface area contributed by atoms with E-state index < -0.39 is 0 Å². The molecule has 90 valence electrons. The first-order chi connectivity index (χ1) is 8.20. The second-order valence-electron chi connectivity index (χ2n) is 4.62. The minimum atomic E-state index is 0.280. The van der Waals surface area contributed by atoms with Gasteiger partial charge in [-0.25, -0.2) is 4.98 Å². The van der Waals surface area contributed by atoms with Gasteiger partial charge < -0.3 is 4.57 Å². The molecule has 0 aliphatic heterocycles. The van der Waals surface area contributed by atoms with Gasteiger partial charge >= 0.3 is 0 Å². The Labute approximate surface area is 101 Å². The van der Waals surface area contributed by atoms with Crippen LogP contribution in [0.5, 0.6) is 0 Å². The number of fused-ring (bicyclic) bond motifs is 1. The lowest BCUT2D eigenvalue weighted by molar-refractivity contribution is -0.120. The smallest absolute Gasteiger partial charge is 0.152 e. The molecule has 0 aliphatic carbocycles. The number of imidazole rings is 1. The SMILES string of the molecule is CCC(C)CC(=O)Cn1cnc2ccccc21. The van der Waals surface area contributed by atoms with E-state index in [-0.39, 0.29) is 5.78 Å². The number of carbonyl (C=O) groups is 1. The van der Waals surface area contributed by atoms with E-state index in [9.17, 15) is 4.79 Å². The van der Waals surface area contributed by atoms with Crippen LogP contribution in [0.2, 0.25) is 0 Å². The van der Waals surface area contributed by atoms with Crippen LogP contribution in [0.4, 0.5) is 0 Å². The number of benzene rings is 1. The second kappa shape index (κ2) is 5.13. The molecule has 0 spiro atoms. The lowest BCUT2D eigenvalue weighted by atomic mass is 10.0. The predicted octanol–water partition coefficient (Wildman–Crippen LogP) is 3.04. The summed E-state index contributed by atoms with van der Waals surface area (Å²) in [5, 5.41) is 0. The topological polar surface area (TPSA) is 34.9 Å². The average molecular weight is 230 g/mol. The molecule has 0 amide bonds. The van der Waals surface area contributed by atoms with Crippen LogP contribution in [0.25, 0.3) is 11.0 Å². The van der Waals surface area contributed by atoms with E-state index in [4.69, 9.17) is 0 Å². The van der Waals surface area contributed by atoms with Crippen molar-refractivity contribution >= 4 is 16.8 Å². The van der Waals surface area contributed by atoms with Gasteiger partial charge in [0.25, 0.3) is 0 Å². The number of hydrogen-bond acceptors (Lipinski definition) is 2. The third kappa shape index (κ3) is 2.73. The van der Waals surface area contributed by atoms with Gasteiger partial charge in [0.15, 0.2) is 5.78 Å². The van der Waals surface area contributed by atoms with E-state index in [0.29, 0.717) is 18.9 Å². The Morgan fingerprint density at radius 1 is 1.41 bits per heavy atom. The highest BCUT2D eigenvalue weighted by atomic mass is 16.1. The number of aromatic nitrogens is 2. The minimum absolute atomic E-state index is 0.280. The van der Waals surface area contributed by atoms with E-state index in [1.807, 2.05) is 28.8 Å². The third-order valence-corrected chi connectivity index (χ3v) is 3.15. The van der Waals surface area contributed by atoms with Crippen molar-refractivity contribution in [2.24, 2.45) is 5.92 Å². The molecule has 1 atom stereocenters. The largest absolute Gasteiger partial charge is 0.323 e. The average Bonchev–Trinajstić information content (AvgIpc) is 2.72. The van der Waals surface area contributed by atoms with Crippen molar-refractivity contribution in [2.45, 2.75) is 33.2 Å². The molecule has 0 aliphatic rings. The summed E-state index contributed by atoms with van der Waals surface area (Å²) in [5.41, 5.74) is 1.98. The monoisotopic (exact) mass is 230 g/mol. The number of carbonyl (C=O) groups excluding carboxylic acids is 1. The van der Waals surface area contributed by atoms with Crippen molar-refractivity contribution in [3.63, 3.8) is 0 Å². The van der Waals surface area contributed by atoms with Crippen LogP contribution in [0.1, 0.15) is 26.7 Å². The van der Waals surface area contributed by atoms with Crippen LogP contribution in [0, 0.1) is 5.92 Å². The number of hydrogen-bond donors (Lipinski definition) is 0. The summed E-state index contributed by atoms with van der Waals surface area (Å²) in [6.07, 6.45) is 3.46. The highest BCUT2D eigenvalue weighted by molar-refractivity contribution is 5.81. The summed E-state index contributed by atoms with van der Waals surface area (Å²) >= 11 is 0. The maximum absolute atomic E-state index is 11.9. The molecule has 2 rings (SSSR count). The number of para-hydroxylation sites is 2. The molecule has 0 saturated heterocycles. The summed E-state index contributed by atoms with van der Waals surface area (Å²) in [4.78, 5) is 16.2. The Bertz CT molecular complexity index is 516. The van der Waals surface area contributed by atoms with Gasteiger partial charge in [0.05, 0.1) is 23.9 Å². The summed E-state index contributed by atoms with van der Waals surface area (Å²) in [5.74, 6) is 0.750. The molecule has 0 radical (unpaired) electrons. The Balaban J connectivity index is 2.11.